The fourth-order valence-corrected chi connectivity index (χ4v) is 2.17. The highest BCUT2D eigenvalue weighted by atomic mass is 127. The molecule has 0 bridgehead atoms. The van der Waals surface area contributed by atoms with E-state index >= 15 is 0 Å². The third-order valence-corrected chi connectivity index (χ3v) is 3.27. The zero-order valence-electron chi connectivity index (χ0n) is 9.55. The first kappa shape index (κ1) is 14.0. The van der Waals surface area contributed by atoms with Crippen LogP contribution in [-0.2, 0) is 19.1 Å². The zero-order chi connectivity index (χ0) is 12.8. The number of hydrogen-bond acceptors (Lipinski definition) is 4. The highest BCUT2D eigenvalue weighted by Crippen LogP contribution is 2.27. The number of carbonyl (C=O) groups excluding carboxylic acids is 2. The maximum atomic E-state index is 11.5. The molecule has 2 atom stereocenters. The summed E-state index contributed by atoms with van der Waals surface area (Å²) in [6.45, 7) is 1.32. The Bertz CT molecular complexity index is 391. The van der Waals surface area contributed by atoms with Crippen molar-refractivity contribution in [2.75, 3.05) is 7.11 Å². The van der Waals surface area contributed by atoms with E-state index in [0.29, 0.717) is 0 Å². The molecule has 0 N–H and O–H groups in total. The molecule has 0 spiro atoms. The van der Waals surface area contributed by atoms with Crippen molar-refractivity contribution in [3.63, 3.8) is 0 Å². The van der Waals surface area contributed by atoms with E-state index < -0.39 is 22.0 Å². The molecule has 0 saturated carbocycles. The largest absolute Gasteiger partial charge is 0.468 e. The Balaban J connectivity index is 2.95. The number of benzene rings is 1. The average Bonchev–Trinajstić information content (AvgIpc) is 2.35. The summed E-state index contributed by atoms with van der Waals surface area (Å²) in [5.74, 6) is -0.842. The van der Waals surface area contributed by atoms with Crippen LogP contribution in [0.2, 0.25) is 0 Å². The van der Waals surface area contributed by atoms with Gasteiger partial charge in [-0.15, -0.1) is 0 Å². The molecule has 0 aliphatic heterocycles. The third-order valence-electron chi connectivity index (χ3n) is 2.11. The molecular weight excluding hydrogens is 335 g/mol. The molecule has 92 valence electrons. The molecule has 1 rings (SSSR count). The standard InChI is InChI=1S/C12H13IO4/c1-8(14)17-11(10(13)12(15)16-2)9-6-4-3-5-7-9/h3-7,10-11H,1-2H3. The number of halogens is 1. The second kappa shape index (κ2) is 6.58. The van der Waals surface area contributed by atoms with Gasteiger partial charge in [0.25, 0.3) is 0 Å². The minimum atomic E-state index is -0.623. The minimum Gasteiger partial charge on any atom is -0.468 e. The minimum absolute atomic E-state index is 0.416. The summed E-state index contributed by atoms with van der Waals surface area (Å²) in [5, 5.41) is 0. The Morgan fingerprint density at radius 3 is 2.29 bits per heavy atom. The van der Waals surface area contributed by atoms with E-state index in [-0.39, 0.29) is 0 Å². The molecule has 0 saturated heterocycles. The van der Waals surface area contributed by atoms with Crippen LogP contribution in [0.15, 0.2) is 30.3 Å². The number of carbonyl (C=O) groups is 2. The second-order valence-electron chi connectivity index (χ2n) is 3.37. The van der Waals surface area contributed by atoms with Gasteiger partial charge in [0.2, 0.25) is 0 Å². The lowest BCUT2D eigenvalue weighted by Crippen LogP contribution is -2.26. The number of esters is 2. The van der Waals surface area contributed by atoms with Crippen molar-refractivity contribution in [1.29, 1.82) is 0 Å². The lowest BCUT2D eigenvalue weighted by Gasteiger charge is -2.21. The lowest BCUT2D eigenvalue weighted by atomic mass is 10.1. The monoisotopic (exact) mass is 348 g/mol. The van der Waals surface area contributed by atoms with Crippen molar-refractivity contribution in [3.05, 3.63) is 35.9 Å². The third kappa shape index (κ3) is 3.99. The maximum absolute atomic E-state index is 11.5. The van der Waals surface area contributed by atoms with E-state index in [4.69, 9.17) is 4.74 Å². The number of hydrogen-bond donors (Lipinski definition) is 0. The highest BCUT2D eigenvalue weighted by molar-refractivity contribution is 14.1. The second-order valence-corrected chi connectivity index (χ2v) is 4.71. The van der Waals surface area contributed by atoms with Crippen molar-refractivity contribution in [1.82, 2.24) is 0 Å². The SMILES string of the molecule is COC(=O)C(I)C(OC(C)=O)c1ccccc1. The lowest BCUT2D eigenvalue weighted by molar-refractivity contribution is -0.151. The first-order chi connectivity index (χ1) is 8.06. The summed E-state index contributed by atoms with van der Waals surface area (Å²) in [4.78, 5) is 22.6. The maximum Gasteiger partial charge on any atom is 0.322 e. The van der Waals surface area contributed by atoms with Crippen LogP contribution < -0.4 is 0 Å². The Morgan fingerprint density at radius 2 is 1.82 bits per heavy atom. The molecule has 0 aliphatic rings. The smallest absolute Gasteiger partial charge is 0.322 e. The molecule has 4 nitrogen and oxygen atoms in total. The van der Waals surface area contributed by atoms with Crippen LogP contribution in [0.3, 0.4) is 0 Å². The number of methoxy groups -OCH3 is 1. The van der Waals surface area contributed by atoms with E-state index in [1.807, 2.05) is 52.9 Å². The molecule has 0 fully saturated rings. The fraction of sp³-hybridized carbons (Fsp3) is 0.333. The van der Waals surface area contributed by atoms with Gasteiger partial charge < -0.3 is 9.47 Å². The van der Waals surface area contributed by atoms with Gasteiger partial charge in [-0.05, 0) is 5.56 Å². The zero-order valence-corrected chi connectivity index (χ0v) is 11.7. The van der Waals surface area contributed by atoms with Crippen molar-refractivity contribution in [2.45, 2.75) is 17.0 Å². The molecule has 0 aromatic heterocycles. The molecule has 17 heavy (non-hydrogen) atoms. The van der Waals surface area contributed by atoms with Crippen LogP contribution in [0.5, 0.6) is 0 Å². The summed E-state index contributed by atoms with van der Waals surface area (Å²) < 4.78 is 9.27. The van der Waals surface area contributed by atoms with Gasteiger partial charge in [-0.3, -0.25) is 9.59 Å². The van der Waals surface area contributed by atoms with Gasteiger partial charge in [0.1, 0.15) is 10.0 Å². The van der Waals surface area contributed by atoms with Crippen molar-refractivity contribution in [2.24, 2.45) is 0 Å². The Labute approximate surface area is 113 Å². The first-order valence-electron chi connectivity index (χ1n) is 5.00. The number of alkyl halides is 1. The Kier molecular flexibility index (Phi) is 5.40. The molecule has 1 aromatic carbocycles. The molecule has 5 heteroatoms. The summed E-state index contributed by atoms with van der Waals surface area (Å²) in [6, 6.07) is 9.12. The molecule has 1 aromatic rings. The van der Waals surface area contributed by atoms with Crippen LogP contribution in [0.1, 0.15) is 18.6 Å². The van der Waals surface area contributed by atoms with Crippen LogP contribution in [0, 0.1) is 0 Å². The summed E-state index contributed by atoms with van der Waals surface area (Å²) in [6.07, 6.45) is -0.623. The van der Waals surface area contributed by atoms with Gasteiger partial charge in [-0.2, -0.15) is 0 Å². The predicted molar refractivity (Wildman–Crippen MR) is 70.8 cm³/mol. The van der Waals surface area contributed by atoms with Gasteiger partial charge >= 0.3 is 11.9 Å². The van der Waals surface area contributed by atoms with Crippen LogP contribution in [0.4, 0.5) is 0 Å². The number of ether oxygens (including phenoxy) is 2. The van der Waals surface area contributed by atoms with Gasteiger partial charge in [0, 0.05) is 6.92 Å². The Hall–Kier alpha value is -1.11. The molecule has 0 heterocycles. The van der Waals surface area contributed by atoms with Crippen LogP contribution >= 0.6 is 22.6 Å². The van der Waals surface area contributed by atoms with E-state index in [1.54, 1.807) is 0 Å². The van der Waals surface area contributed by atoms with Crippen LogP contribution in [0.25, 0.3) is 0 Å². The van der Waals surface area contributed by atoms with Gasteiger partial charge in [-0.25, -0.2) is 0 Å². The fourth-order valence-electron chi connectivity index (χ4n) is 1.35. The quantitative estimate of drug-likeness (QED) is 0.476. The van der Waals surface area contributed by atoms with E-state index in [2.05, 4.69) is 4.74 Å². The summed E-state index contributed by atoms with van der Waals surface area (Å²) >= 11 is 1.91. The first-order valence-corrected chi connectivity index (χ1v) is 6.25. The Morgan fingerprint density at radius 1 is 1.24 bits per heavy atom. The molecule has 0 radical (unpaired) electrons. The van der Waals surface area contributed by atoms with Gasteiger partial charge in [-0.1, -0.05) is 52.9 Å². The van der Waals surface area contributed by atoms with Crippen molar-refractivity contribution >= 4 is 34.5 Å². The van der Waals surface area contributed by atoms with Crippen molar-refractivity contribution < 1.29 is 19.1 Å². The molecule has 2 unspecified atom stereocenters. The number of rotatable bonds is 4. The van der Waals surface area contributed by atoms with Gasteiger partial charge in [0.15, 0.2) is 0 Å². The molecular formula is C12H13IO4. The molecule has 0 aliphatic carbocycles. The van der Waals surface area contributed by atoms with E-state index in [1.165, 1.54) is 14.0 Å². The van der Waals surface area contributed by atoms with Crippen LogP contribution in [-0.4, -0.2) is 23.0 Å². The van der Waals surface area contributed by atoms with E-state index in [9.17, 15) is 9.59 Å². The summed E-state index contributed by atoms with van der Waals surface area (Å²) in [7, 11) is 1.31. The summed E-state index contributed by atoms with van der Waals surface area (Å²) in [5.41, 5.74) is 0.771. The molecule has 0 amide bonds. The highest BCUT2D eigenvalue weighted by Gasteiger charge is 2.30. The normalized spacial score (nSPS) is 13.6. The average molecular weight is 348 g/mol. The van der Waals surface area contributed by atoms with Crippen molar-refractivity contribution in [3.8, 4) is 0 Å². The predicted octanol–water partition coefficient (Wildman–Crippen LogP) is 2.27. The van der Waals surface area contributed by atoms with E-state index in [0.717, 1.165) is 5.56 Å². The van der Waals surface area contributed by atoms with Gasteiger partial charge in [0.05, 0.1) is 7.11 Å². The topological polar surface area (TPSA) is 52.6 Å².